The van der Waals surface area contributed by atoms with Crippen LogP contribution >= 0.6 is 99.2 Å². The van der Waals surface area contributed by atoms with E-state index in [1.54, 1.807) is 58.6 Å². The van der Waals surface area contributed by atoms with Crippen molar-refractivity contribution in [2.75, 3.05) is 88.1 Å². The van der Waals surface area contributed by atoms with Crippen molar-refractivity contribution in [2.45, 2.75) is 263 Å². The molecule has 0 aliphatic rings. The van der Waals surface area contributed by atoms with Crippen molar-refractivity contribution < 1.29 is 95.8 Å². The molecule has 21 heteroatoms. The molecule has 6 aromatic carbocycles. The maximum atomic E-state index is 8.80. The Morgan fingerprint density at radius 2 is 0.756 bits per heavy atom. The first-order valence-corrected chi connectivity index (χ1v) is 48.9. The molecule has 13 nitrogen and oxygen atoms in total. The minimum Gasteiger partial charge on any atom is -0.508 e. The van der Waals surface area contributed by atoms with Crippen molar-refractivity contribution in [1.29, 1.82) is 2.86 Å². The van der Waals surface area contributed by atoms with E-state index < -0.39 is 23.7 Å². The number of benzene rings is 6. The first-order valence-electron chi connectivity index (χ1n) is 48.5. The maximum absolute atomic E-state index is 8.80. The molecule has 0 amide bonds. The molecule has 0 saturated carbocycles. The predicted molar refractivity (Wildman–Crippen MR) is 528 cm³/mol. The van der Waals surface area contributed by atoms with E-state index in [9.17, 15) is 0 Å². The molecule has 0 radical (unpaired) electrons. The van der Waals surface area contributed by atoms with Crippen LogP contribution in [0, 0.1) is 49.9 Å². The fourth-order valence-electron chi connectivity index (χ4n) is 10.9. The molecular formula is C98H159Br5Cl2CuO13+. The SMILES string of the molecule is BrBr.CCCCC(CC)CBr.CCCCC(CC)COc1cc(Br)c(OC)cc1Br.CCCCC(CC)COc1ccc(OC)cc1.COc1ccc(O)cc1.[2H]/C(C)=C(/[2H])c1c([2H])c(OC)c(C)c([2H])c1OCC(CC)CCCC.[2H][O+]([2H])C.[2H]c1c(OCC(CC)CCCC)c(C([2H])([2H])Cl)c([2H])c(OC)c1C([2H])([2H])Cl.[2H]c1cc(OCC(CC)CCCC)c([2H])cc1OC.[CH3-].[Cu+]. The number of rotatable bonds is 49. The fourth-order valence-corrected chi connectivity index (χ4v) is 12.9. The number of allylic oxidation sites excluding steroid dienone is 1. The monoisotopic (exact) mass is 2090 g/mol. The van der Waals surface area contributed by atoms with Gasteiger partial charge >= 0.3 is 19.9 Å². The van der Waals surface area contributed by atoms with Crippen LogP contribution in [0.5, 0.6) is 69.0 Å². The number of hydrogen-bond acceptors (Lipinski definition) is 12. The van der Waals surface area contributed by atoms with Crippen LogP contribution in [-0.2, 0) is 28.7 Å². The molecule has 0 saturated heterocycles. The van der Waals surface area contributed by atoms with Gasteiger partial charge in [0, 0.05) is 55.8 Å². The normalized spacial score (nSPS) is 13.8. The van der Waals surface area contributed by atoms with Gasteiger partial charge in [0.25, 0.3) is 0 Å². The van der Waals surface area contributed by atoms with Crippen molar-refractivity contribution in [3.05, 3.63) is 154 Å². The zero-order valence-corrected chi connectivity index (χ0v) is 86.3. The minimum atomic E-state index is -2.50. The summed E-state index contributed by atoms with van der Waals surface area (Å²) in [5, 5.41) is 11.1. The largest absolute Gasteiger partial charge is 1.00 e. The van der Waals surface area contributed by atoms with Crippen molar-refractivity contribution >= 4 is 105 Å². The van der Waals surface area contributed by atoms with Crippen LogP contribution in [0.2, 0.25) is 0 Å². The molecule has 0 aliphatic heterocycles. The van der Waals surface area contributed by atoms with Gasteiger partial charge in [-0.15, -0.1) is 23.2 Å². The second kappa shape index (κ2) is 84.9. The molecule has 0 bridgehead atoms. The third kappa shape index (κ3) is 58.9. The number of alkyl halides is 3. The molecule has 0 aliphatic carbocycles. The number of ether oxygens (including phenoxy) is 11. The van der Waals surface area contributed by atoms with E-state index in [4.69, 9.17) is 99.7 Å². The first kappa shape index (κ1) is 97.3. The minimum absolute atomic E-state index is 0. The van der Waals surface area contributed by atoms with Gasteiger partial charge in [0.05, 0.1) is 107 Å². The Bertz CT molecular complexity index is 3920. The molecule has 6 atom stereocenters. The molecule has 0 aromatic heterocycles. The summed E-state index contributed by atoms with van der Waals surface area (Å²) >= 11 is 27.6. The zero-order chi connectivity index (χ0) is 101. The average Bonchev–Trinajstić information content (AvgIpc) is 0.745. The van der Waals surface area contributed by atoms with Crippen LogP contribution in [0.1, 0.15) is 283 Å². The third-order valence-corrected chi connectivity index (χ3v) is 21.5. The molecule has 0 fully saturated rings. The fraction of sp³-hybridized carbons (Fsp3) is 0.602. The standard InChI is InChI=1S/C19H30O2.C17H26Cl2O2.C15H22Br2O2.2C15H24O2.C8H17Br.C7H8O2.CH4O.CH3.Br2.Cu/c1-6-9-11-16(8-3)14-21-19-12-15(4)18(20-5)13-17(19)10-7-2;1-4-6-7-13(5-2)12-21-17-9-14(10-18)16(20-3)8-15(17)11-19;1-4-6-7-11(5-2)10-19-15-9-12(16)14(18-3)8-13(15)17;2*1-4-6-7-13(5-2)12-17-15-10-8-14(16-3)9-11-15;1-3-5-6-8(4-2)7-9;1-9-7-4-2-6(8)3-5-7;1-2;;1-2;/h7,10,12-13,16H,6,8-9,11,14H2,1-5H3;8-9,13H,4-7,10-12H2,1-3H3;8-9,11H,4-7,10H2,1-3H3;2*8-11,13H,4-7,12H2,1-3H3;8H,3-7H2,1-2H3;2-5,8H,1H3;2H,1H3;1H3;;/q;;;;;;;;-1;;+1/p+1/b10-7+;;;;;;;;;;/i7D,10D,12D,13D;8D,9D,10D2,11D2;;8D,11D;;;;2D;;;/hD. The summed E-state index contributed by atoms with van der Waals surface area (Å²) in [5.41, 5.74) is -0.0486. The van der Waals surface area contributed by atoms with Crippen LogP contribution < -0.4 is 52.1 Å². The Balaban J connectivity index is -0.000000484. The Labute approximate surface area is 807 Å². The van der Waals surface area contributed by atoms with Crippen LogP contribution in [-0.4, -0.2) is 101 Å². The summed E-state index contributed by atoms with van der Waals surface area (Å²) in [6.07, 6.45) is 28.1. The van der Waals surface area contributed by atoms with Gasteiger partial charge in [0.1, 0.15) is 76.1 Å². The summed E-state index contributed by atoms with van der Waals surface area (Å²) in [6, 6.07) is 21.0. The summed E-state index contributed by atoms with van der Waals surface area (Å²) in [6.45, 7) is 32.2. The Morgan fingerprint density at radius 1 is 0.437 bits per heavy atom. The summed E-state index contributed by atoms with van der Waals surface area (Å²) in [4.78, 5) is 0. The van der Waals surface area contributed by atoms with Gasteiger partial charge < -0.3 is 69.7 Å². The molecular weight excluding hydrogens is 1920 g/mol. The van der Waals surface area contributed by atoms with Crippen molar-refractivity contribution in [2.24, 2.45) is 35.5 Å². The molecule has 6 aromatic rings. The Morgan fingerprint density at radius 3 is 1.13 bits per heavy atom. The number of methoxy groups -OCH3 is 6. The zero-order valence-electron chi connectivity index (χ0n) is 89.9. The quantitative estimate of drug-likeness (QED) is 0.0168. The third-order valence-electron chi connectivity index (χ3n) is 19.0. The van der Waals surface area contributed by atoms with Crippen molar-refractivity contribution in [1.82, 2.24) is 0 Å². The number of unbranched alkanes of at least 4 members (excludes halogenated alkanes) is 6. The number of aromatic hydroxyl groups is 1. The van der Waals surface area contributed by atoms with Gasteiger partial charge in [0.15, 0.2) is 0 Å². The molecule has 688 valence electrons. The summed E-state index contributed by atoms with van der Waals surface area (Å²) < 4.78 is 170. The van der Waals surface area contributed by atoms with E-state index in [0.717, 1.165) is 133 Å². The van der Waals surface area contributed by atoms with Gasteiger partial charge in [-0.25, -0.2) is 0 Å². The van der Waals surface area contributed by atoms with Crippen molar-refractivity contribution in [3.8, 4) is 69.0 Å². The van der Waals surface area contributed by atoms with E-state index in [0.29, 0.717) is 53.9 Å². The van der Waals surface area contributed by atoms with Gasteiger partial charge in [-0.05, 0) is 234 Å². The van der Waals surface area contributed by atoms with E-state index in [1.807, 2.05) is 43.3 Å². The number of phenolic OH excluding ortho intramolecular Hbond substituents is 1. The second-order valence-corrected chi connectivity index (χ2v) is 30.3. The second-order valence-electron chi connectivity index (χ2n) is 27.5. The average molecular weight is 2090 g/mol. The van der Waals surface area contributed by atoms with Gasteiger partial charge in [0.2, 0.25) is 0 Å². The molecule has 119 heavy (non-hydrogen) atoms. The maximum Gasteiger partial charge on any atom is 1.00 e. The molecule has 6 rings (SSSR count). The molecule has 6 unspecified atom stereocenters. The summed E-state index contributed by atoms with van der Waals surface area (Å²) in [7, 11) is 10.3. The van der Waals surface area contributed by atoms with Crippen LogP contribution in [0.25, 0.3) is 6.05 Å². The molecule has 0 heterocycles. The molecule has 3 N–H and O–H groups in total. The molecule has 0 spiro atoms. The topological polar surface area (TPSA) is 145 Å². The number of phenols is 1. The predicted octanol–water partition coefficient (Wildman–Crippen LogP) is 32.3. The van der Waals surface area contributed by atoms with Gasteiger partial charge in [-0.1, -0.05) is 227 Å². The van der Waals surface area contributed by atoms with E-state index in [-0.39, 0.29) is 119 Å². The first-order chi connectivity index (χ1) is 62.1. The van der Waals surface area contributed by atoms with E-state index in [1.165, 1.54) is 130 Å². The van der Waals surface area contributed by atoms with E-state index in [2.05, 4.69) is 152 Å². The van der Waals surface area contributed by atoms with E-state index >= 15 is 0 Å². The van der Waals surface area contributed by atoms with Crippen LogP contribution in [0.3, 0.4) is 0 Å². The van der Waals surface area contributed by atoms with Crippen LogP contribution in [0.4, 0.5) is 0 Å². The van der Waals surface area contributed by atoms with Gasteiger partial charge in [-0.3, -0.25) is 0 Å². The van der Waals surface area contributed by atoms with Gasteiger partial charge in [-0.2, -0.15) is 0 Å². The van der Waals surface area contributed by atoms with Crippen LogP contribution in [0.15, 0.2) is 124 Å². The number of halogens is 7. The summed E-state index contributed by atoms with van der Waals surface area (Å²) in [5.74, 6) is 3.57. The Kier molecular flexibility index (Phi) is 69.5. The number of hydrogen-bond donors (Lipinski definition) is 1. The smallest absolute Gasteiger partial charge is 0.508 e. The Hall–Kier alpha value is -3.88. The van der Waals surface area contributed by atoms with Crippen molar-refractivity contribution in [3.63, 3.8) is 0 Å².